The average Bonchev–Trinajstić information content (AvgIpc) is 3.11. The van der Waals surface area contributed by atoms with Gasteiger partial charge in [-0.1, -0.05) is 0 Å². The van der Waals surface area contributed by atoms with E-state index in [9.17, 15) is 8.42 Å². The van der Waals surface area contributed by atoms with Crippen molar-refractivity contribution in [3.05, 3.63) is 12.4 Å². The summed E-state index contributed by atoms with van der Waals surface area (Å²) in [5, 5.41) is 9.68. The number of hydrogen-bond donors (Lipinski definition) is 2. The van der Waals surface area contributed by atoms with Crippen LogP contribution in [0.2, 0.25) is 0 Å². The smallest absolute Gasteiger partial charge is 0.246 e. The summed E-state index contributed by atoms with van der Waals surface area (Å²) in [7, 11) is -3.37. The Morgan fingerprint density at radius 3 is 2.74 bits per heavy atom. The summed E-state index contributed by atoms with van der Waals surface area (Å²) in [6.45, 7) is 2.64. The summed E-state index contributed by atoms with van der Waals surface area (Å²) in [6.07, 6.45) is 6.96. The van der Waals surface area contributed by atoms with Crippen molar-refractivity contribution in [1.82, 2.24) is 19.8 Å². The van der Waals surface area contributed by atoms with E-state index in [0.717, 1.165) is 38.8 Å². The van der Waals surface area contributed by atoms with Crippen LogP contribution in [-0.4, -0.2) is 48.6 Å². The Morgan fingerprint density at radius 2 is 2.05 bits per heavy atom. The lowest BCUT2D eigenvalue weighted by Gasteiger charge is -2.33. The summed E-state index contributed by atoms with van der Waals surface area (Å²) >= 11 is 0. The Balaban J connectivity index is 1.83. The number of sulfonamides is 1. The van der Waals surface area contributed by atoms with Gasteiger partial charge in [0.1, 0.15) is 4.90 Å². The Kier molecular flexibility index (Phi) is 3.60. The molecule has 3 rings (SSSR count). The Morgan fingerprint density at radius 1 is 1.26 bits per heavy atom. The lowest BCUT2D eigenvalue weighted by atomic mass is 9.89. The molecule has 2 aliphatic rings. The summed E-state index contributed by atoms with van der Waals surface area (Å²) < 4.78 is 26.9. The molecule has 0 amide bonds. The maximum Gasteiger partial charge on any atom is 0.246 e. The molecule has 2 N–H and O–H groups in total. The van der Waals surface area contributed by atoms with E-state index < -0.39 is 10.0 Å². The molecule has 0 aliphatic carbocycles. The molecule has 1 atom stereocenters. The van der Waals surface area contributed by atoms with Gasteiger partial charge in [0.2, 0.25) is 10.0 Å². The first kappa shape index (κ1) is 13.1. The fourth-order valence-corrected chi connectivity index (χ4v) is 4.94. The largest absolute Gasteiger partial charge is 0.317 e. The molecule has 1 unspecified atom stereocenters. The van der Waals surface area contributed by atoms with Crippen LogP contribution in [0, 0.1) is 5.92 Å². The van der Waals surface area contributed by atoms with Gasteiger partial charge in [0.15, 0.2) is 0 Å². The molecule has 0 spiro atoms. The third kappa shape index (κ3) is 2.42. The van der Waals surface area contributed by atoms with Crippen molar-refractivity contribution in [3.8, 4) is 0 Å². The van der Waals surface area contributed by atoms with Crippen LogP contribution in [0.5, 0.6) is 0 Å². The average molecular weight is 284 g/mol. The van der Waals surface area contributed by atoms with E-state index >= 15 is 0 Å². The van der Waals surface area contributed by atoms with Crippen molar-refractivity contribution >= 4 is 10.0 Å². The van der Waals surface area contributed by atoms with Crippen LogP contribution in [0.4, 0.5) is 0 Å². The summed E-state index contributed by atoms with van der Waals surface area (Å²) in [5.41, 5.74) is 0. The topological polar surface area (TPSA) is 78.1 Å². The van der Waals surface area contributed by atoms with E-state index in [1.807, 2.05) is 0 Å². The molecular weight excluding hydrogens is 264 g/mol. The van der Waals surface area contributed by atoms with E-state index in [-0.39, 0.29) is 10.9 Å². The molecule has 0 bridgehead atoms. The molecule has 0 saturated carbocycles. The van der Waals surface area contributed by atoms with Crippen LogP contribution in [0.15, 0.2) is 17.3 Å². The number of nitrogens with one attached hydrogen (secondary N) is 2. The van der Waals surface area contributed by atoms with E-state index in [1.165, 1.54) is 12.4 Å². The summed E-state index contributed by atoms with van der Waals surface area (Å²) in [4.78, 5) is 0.285. The lowest BCUT2D eigenvalue weighted by Crippen LogP contribution is -2.43. The van der Waals surface area contributed by atoms with Crippen molar-refractivity contribution < 1.29 is 8.42 Å². The second kappa shape index (κ2) is 5.22. The van der Waals surface area contributed by atoms with Crippen LogP contribution < -0.4 is 5.32 Å². The molecule has 2 fully saturated rings. The van der Waals surface area contributed by atoms with Crippen molar-refractivity contribution in [2.24, 2.45) is 5.92 Å². The first-order valence-electron chi connectivity index (χ1n) is 6.91. The highest BCUT2D eigenvalue weighted by Gasteiger charge is 2.39. The molecule has 6 nitrogen and oxygen atoms in total. The molecular formula is C12H20N4O2S. The molecule has 7 heteroatoms. The predicted octanol–water partition coefficient (Wildman–Crippen LogP) is 0.562. The van der Waals surface area contributed by atoms with Crippen LogP contribution in [0.3, 0.4) is 0 Å². The second-order valence-electron chi connectivity index (χ2n) is 5.35. The Labute approximate surface area is 113 Å². The zero-order chi connectivity index (χ0) is 13.3. The number of aromatic amines is 1. The van der Waals surface area contributed by atoms with Gasteiger partial charge >= 0.3 is 0 Å². The zero-order valence-corrected chi connectivity index (χ0v) is 11.7. The van der Waals surface area contributed by atoms with Gasteiger partial charge in [0.25, 0.3) is 0 Å². The molecule has 0 radical (unpaired) electrons. The third-order valence-electron chi connectivity index (χ3n) is 4.26. The van der Waals surface area contributed by atoms with Gasteiger partial charge in [-0.2, -0.15) is 9.40 Å². The molecule has 0 aromatic carbocycles. The van der Waals surface area contributed by atoms with Crippen molar-refractivity contribution in [1.29, 1.82) is 0 Å². The van der Waals surface area contributed by atoms with Gasteiger partial charge in [-0.15, -0.1) is 0 Å². The van der Waals surface area contributed by atoms with Gasteiger partial charge in [-0.25, -0.2) is 8.42 Å². The quantitative estimate of drug-likeness (QED) is 0.850. The highest BCUT2D eigenvalue weighted by molar-refractivity contribution is 7.89. The van der Waals surface area contributed by atoms with Gasteiger partial charge in [0.05, 0.1) is 6.20 Å². The fourth-order valence-electron chi connectivity index (χ4n) is 3.28. The number of piperidine rings is 1. The van der Waals surface area contributed by atoms with Crippen molar-refractivity contribution in [2.45, 2.75) is 36.6 Å². The minimum Gasteiger partial charge on any atom is -0.317 e. The normalized spacial score (nSPS) is 26.8. The monoisotopic (exact) mass is 284 g/mol. The number of rotatable bonds is 3. The Hall–Kier alpha value is -0.920. The SMILES string of the molecule is O=S(=O)(c1cn[nH]c1)N1CCCC1C1CCNCC1. The summed E-state index contributed by atoms with van der Waals surface area (Å²) in [5.74, 6) is 0.491. The van der Waals surface area contributed by atoms with Gasteiger partial charge in [0, 0.05) is 18.8 Å². The minimum absolute atomic E-state index is 0.169. The molecule has 2 saturated heterocycles. The van der Waals surface area contributed by atoms with Crippen LogP contribution in [-0.2, 0) is 10.0 Å². The zero-order valence-electron chi connectivity index (χ0n) is 10.9. The maximum atomic E-state index is 12.6. The van der Waals surface area contributed by atoms with Crippen molar-refractivity contribution in [3.63, 3.8) is 0 Å². The van der Waals surface area contributed by atoms with Crippen molar-refractivity contribution in [2.75, 3.05) is 19.6 Å². The number of nitrogens with zero attached hydrogens (tertiary/aromatic N) is 2. The van der Waals surface area contributed by atoms with E-state index in [0.29, 0.717) is 12.5 Å². The molecule has 1 aromatic heterocycles. The van der Waals surface area contributed by atoms with Crippen LogP contribution in [0.1, 0.15) is 25.7 Å². The third-order valence-corrected chi connectivity index (χ3v) is 6.15. The van der Waals surface area contributed by atoms with Crippen LogP contribution in [0.25, 0.3) is 0 Å². The lowest BCUT2D eigenvalue weighted by molar-refractivity contribution is 0.235. The Bertz CT molecular complexity index is 508. The molecule has 106 valence electrons. The number of hydrogen-bond acceptors (Lipinski definition) is 4. The highest BCUT2D eigenvalue weighted by atomic mass is 32.2. The fraction of sp³-hybridized carbons (Fsp3) is 0.750. The summed E-state index contributed by atoms with van der Waals surface area (Å²) in [6, 6.07) is 0.169. The molecule has 2 aliphatic heterocycles. The second-order valence-corrected chi connectivity index (χ2v) is 7.24. The highest BCUT2D eigenvalue weighted by Crippen LogP contribution is 2.33. The van der Waals surface area contributed by atoms with E-state index in [1.54, 1.807) is 4.31 Å². The minimum atomic E-state index is -3.37. The van der Waals surface area contributed by atoms with E-state index in [4.69, 9.17) is 0 Å². The first-order chi connectivity index (χ1) is 9.19. The van der Waals surface area contributed by atoms with Gasteiger partial charge in [-0.3, -0.25) is 5.10 Å². The van der Waals surface area contributed by atoms with Crippen LogP contribution >= 0.6 is 0 Å². The predicted molar refractivity (Wildman–Crippen MR) is 71.1 cm³/mol. The molecule has 3 heterocycles. The standard InChI is InChI=1S/C12H20N4O2S/c17-19(18,11-8-14-15-9-11)16-7-1-2-12(16)10-3-5-13-6-4-10/h8-10,12-13H,1-7H2,(H,14,15). The first-order valence-corrected chi connectivity index (χ1v) is 8.35. The van der Waals surface area contributed by atoms with Gasteiger partial charge in [-0.05, 0) is 44.7 Å². The molecule has 1 aromatic rings. The maximum absolute atomic E-state index is 12.6. The number of H-pyrrole nitrogens is 1. The molecule has 19 heavy (non-hydrogen) atoms. The van der Waals surface area contributed by atoms with E-state index in [2.05, 4.69) is 15.5 Å². The number of aromatic nitrogens is 2. The van der Waals surface area contributed by atoms with Gasteiger partial charge < -0.3 is 5.32 Å².